The van der Waals surface area contributed by atoms with E-state index in [4.69, 9.17) is 9.88 Å². The first-order valence-corrected chi connectivity index (χ1v) is 11.2. The van der Waals surface area contributed by atoms with Gasteiger partial charge in [0.05, 0.1) is 21.5 Å². The van der Waals surface area contributed by atoms with E-state index in [2.05, 4.69) is 11.9 Å². The van der Waals surface area contributed by atoms with Gasteiger partial charge in [0.1, 0.15) is 12.4 Å². The van der Waals surface area contributed by atoms with E-state index in [1.54, 1.807) is 18.2 Å². The van der Waals surface area contributed by atoms with Crippen molar-refractivity contribution in [1.29, 1.82) is 0 Å². The van der Waals surface area contributed by atoms with Crippen LogP contribution in [0.15, 0.2) is 47.4 Å². The number of carbonyl (C=O) groups is 1. The number of aryl methyl sites for hydroxylation is 1. The lowest BCUT2D eigenvalue weighted by atomic mass is 10.2. The van der Waals surface area contributed by atoms with Gasteiger partial charge in [0.2, 0.25) is 10.0 Å². The number of hydrogen-bond donors (Lipinski definition) is 1. The van der Waals surface area contributed by atoms with E-state index in [-0.39, 0.29) is 11.5 Å². The number of anilines is 1. The molecule has 0 amide bonds. The monoisotopic (exact) mass is 430 g/mol. The summed E-state index contributed by atoms with van der Waals surface area (Å²) < 4.78 is 30.7. The maximum absolute atomic E-state index is 12.5. The molecule has 0 aliphatic carbocycles. The van der Waals surface area contributed by atoms with Crippen LogP contribution >= 0.6 is 0 Å². The van der Waals surface area contributed by atoms with Crippen LogP contribution in [0.25, 0.3) is 11.0 Å². The van der Waals surface area contributed by atoms with E-state index < -0.39 is 16.0 Å². The summed E-state index contributed by atoms with van der Waals surface area (Å²) in [5.74, 6) is 0.114. The number of benzene rings is 2. The third-order valence-corrected chi connectivity index (χ3v) is 5.73. The maximum atomic E-state index is 12.5. The first-order chi connectivity index (χ1) is 14.2. The molecule has 160 valence electrons. The highest BCUT2D eigenvalue weighted by Gasteiger charge is 2.16. The Balaban J connectivity index is 1.85. The molecule has 0 saturated heterocycles. The Labute approximate surface area is 176 Å². The fourth-order valence-corrected chi connectivity index (χ4v) is 3.66. The number of rotatable bonds is 8. The number of nitrogens with zero attached hydrogens (tertiary/aromatic N) is 3. The Kier molecular flexibility index (Phi) is 6.42. The average Bonchev–Trinajstić information content (AvgIpc) is 3.06. The SMILES string of the molecule is CCCCn1c(COC(=O)c2ccc(N(C)C)cc2)nc2cc(S(N)(=O)=O)ccc21. The highest BCUT2D eigenvalue weighted by molar-refractivity contribution is 7.89. The fourth-order valence-electron chi connectivity index (χ4n) is 3.12. The number of esters is 1. The zero-order valence-electron chi connectivity index (χ0n) is 17.3. The number of aromatic nitrogens is 2. The molecule has 0 saturated carbocycles. The molecule has 0 aliphatic rings. The number of unbranched alkanes of at least 4 members (excludes halogenated alkanes) is 1. The molecule has 0 aliphatic heterocycles. The lowest BCUT2D eigenvalue weighted by Gasteiger charge is -2.12. The summed E-state index contributed by atoms with van der Waals surface area (Å²) in [6.45, 7) is 2.75. The minimum absolute atomic E-state index is 0.000307. The van der Waals surface area contributed by atoms with Crippen molar-refractivity contribution in [2.75, 3.05) is 19.0 Å². The van der Waals surface area contributed by atoms with E-state index in [1.807, 2.05) is 35.7 Å². The first kappa shape index (κ1) is 21.8. The molecule has 0 radical (unpaired) electrons. The van der Waals surface area contributed by atoms with Crippen LogP contribution in [0.2, 0.25) is 0 Å². The number of nitrogens with two attached hydrogens (primary N) is 1. The van der Waals surface area contributed by atoms with Gasteiger partial charge in [0, 0.05) is 26.3 Å². The molecule has 30 heavy (non-hydrogen) atoms. The van der Waals surface area contributed by atoms with Gasteiger partial charge in [-0.15, -0.1) is 0 Å². The number of sulfonamides is 1. The number of primary sulfonamides is 1. The van der Waals surface area contributed by atoms with Crippen molar-refractivity contribution in [2.24, 2.45) is 5.14 Å². The summed E-state index contributed by atoms with van der Waals surface area (Å²) in [6, 6.07) is 11.7. The van der Waals surface area contributed by atoms with Gasteiger partial charge in [-0.25, -0.2) is 23.3 Å². The minimum Gasteiger partial charge on any atom is -0.454 e. The van der Waals surface area contributed by atoms with Crippen LogP contribution in [-0.4, -0.2) is 38.0 Å². The summed E-state index contributed by atoms with van der Waals surface area (Å²) in [5, 5.41) is 5.23. The Hall–Kier alpha value is -2.91. The molecule has 3 aromatic rings. The van der Waals surface area contributed by atoms with E-state index in [1.165, 1.54) is 12.1 Å². The fraction of sp³-hybridized carbons (Fsp3) is 0.333. The zero-order chi connectivity index (χ0) is 21.9. The summed E-state index contributed by atoms with van der Waals surface area (Å²) in [6.07, 6.45) is 1.89. The Morgan fingerprint density at radius 2 is 1.87 bits per heavy atom. The third kappa shape index (κ3) is 4.80. The van der Waals surface area contributed by atoms with Gasteiger partial charge < -0.3 is 14.2 Å². The van der Waals surface area contributed by atoms with E-state index in [9.17, 15) is 13.2 Å². The van der Waals surface area contributed by atoms with E-state index >= 15 is 0 Å². The van der Waals surface area contributed by atoms with E-state index in [0.717, 1.165) is 24.0 Å². The van der Waals surface area contributed by atoms with Crippen molar-refractivity contribution in [1.82, 2.24) is 9.55 Å². The molecule has 8 nitrogen and oxygen atoms in total. The molecular weight excluding hydrogens is 404 g/mol. The molecule has 0 spiro atoms. The van der Waals surface area contributed by atoms with Crippen molar-refractivity contribution in [3.05, 3.63) is 53.9 Å². The predicted octanol–water partition coefficient (Wildman–Crippen LogP) is 2.91. The van der Waals surface area contributed by atoms with Gasteiger partial charge >= 0.3 is 5.97 Å². The highest BCUT2D eigenvalue weighted by Crippen LogP contribution is 2.22. The van der Waals surface area contributed by atoms with Crippen LogP contribution in [0.3, 0.4) is 0 Å². The van der Waals surface area contributed by atoms with Crippen molar-refractivity contribution in [3.8, 4) is 0 Å². The second kappa shape index (κ2) is 8.85. The molecule has 2 N–H and O–H groups in total. The number of carbonyl (C=O) groups excluding carboxylic acids is 1. The molecule has 0 fully saturated rings. The number of imidazole rings is 1. The average molecular weight is 431 g/mol. The van der Waals surface area contributed by atoms with Gasteiger partial charge in [-0.3, -0.25) is 0 Å². The lowest BCUT2D eigenvalue weighted by molar-refractivity contribution is 0.0458. The summed E-state index contributed by atoms with van der Waals surface area (Å²) >= 11 is 0. The maximum Gasteiger partial charge on any atom is 0.338 e. The van der Waals surface area contributed by atoms with Gasteiger partial charge in [-0.1, -0.05) is 13.3 Å². The molecule has 1 heterocycles. The zero-order valence-corrected chi connectivity index (χ0v) is 18.1. The molecular formula is C21H26N4O4S. The highest BCUT2D eigenvalue weighted by atomic mass is 32.2. The predicted molar refractivity (Wildman–Crippen MR) is 116 cm³/mol. The Morgan fingerprint density at radius 3 is 2.47 bits per heavy atom. The molecule has 3 rings (SSSR count). The van der Waals surface area contributed by atoms with Crippen LogP contribution in [0.4, 0.5) is 5.69 Å². The van der Waals surface area contributed by atoms with Crippen molar-refractivity contribution < 1.29 is 17.9 Å². The van der Waals surface area contributed by atoms with E-state index in [0.29, 0.717) is 23.4 Å². The van der Waals surface area contributed by atoms with Gasteiger partial charge in [0.25, 0.3) is 0 Å². The van der Waals surface area contributed by atoms with Crippen LogP contribution in [0.5, 0.6) is 0 Å². The van der Waals surface area contributed by atoms with Crippen molar-refractivity contribution >= 4 is 32.7 Å². The normalized spacial score (nSPS) is 11.6. The smallest absolute Gasteiger partial charge is 0.338 e. The number of hydrogen-bond acceptors (Lipinski definition) is 6. The van der Waals surface area contributed by atoms with Gasteiger partial charge in [-0.2, -0.15) is 0 Å². The van der Waals surface area contributed by atoms with Crippen molar-refractivity contribution in [2.45, 2.75) is 37.8 Å². The van der Waals surface area contributed by atoms with Gasteiger partial charge in [-0.05, 0) is 48.9 Å². The molecule has 0 atom stereocenters. The number of fused-ring (bicyclic) bond motifs is 1. The van der Waals surface area contributed by atoms with Gasteiger partial charge in [0.15, 0.2) is 0 Å². The second-order valence-corrected chi connectivity index (χ2v) is 8.81. The molecule has 0 bridgehead atoms. The quantitative estimate of drug-likeness (QED) is 0.551. The minimum atomic E-state index is -3.82. The third-order valence-electron chi connectivity index (χ3n) is 4.81. The Bertz CT molecular complexity index is 1150. The first-order valence-electron chi connectivity index (χ1n) is 9.67. The van der Waals surface area contributed by atoms with Crippen LogP contribution in [-0.2, 0) is 27.9 Å². The lowest BCUT2D eigenvalue weighted by Crippen LogP contribution is -2.12. The van der Waals surface area contributed by atoms with Crippen LogP contribution in [0, 0.1) is 0 Å². The van der Waals surface area contributed by atoms with Crippen LogP contribution in [0.1, 0.15) is 35.9 Å². The summed E-state index contributed by atoms with van der Waals surface area (Å²) in [5.41, 5.74) is 2.71. The summed E-state index contributed by atoms with van der Waals surface area (Å²) in [7, 11) is 0.0277. The largest absolute Gasteiger partial charge is 0.454 e. The van der Waals surface area contributed by atoms with Crippen molar-refractivity contribution in [3.63, 3.8) is 0 Å². The molecule has 1 aromatic heterocycles. The second-order valence-electron chi connectivity index (χ2n) is 7.25. The standard InChI is InChI=1S/C21H26N4O4S/c1-4-5-12-25-19-11-10-17(30(22,27)28)13-18(19)23-20(25)14-29-21(26)15-6-8-16(9-7-15)24(2)3/h6-11,13H,4-5,12,14H2,1-3H3,(H2,22,27,28). The molecule has 2 aromatic carbocycles. The van der Waals surface area contributed by atoms with Crippen LogP contribution < -0.4 is 10.0 Å². The Morgan fingerprint density at radius 1 is 1.17 bits per heavy atom. The molecule has 9 heteroatoms. The number of ether oxygens (including phenoxy) is 1. The molecule has 0 unspecified atom stereocenters. The topological polar surface area (TPSA) is 108 Å². The summed E-state index contributed by atoms with van der Waals surface area (Å²) in [4.78, 5) is 18.9.